The highest BCUT2D eigenvalue weighted by Gasteiger charge is 2.22. The molecule has 2 heterocycles. The van der Waals surface area contributed by atoms with Crippen molar-refractivity contribution in [2.75, 3.05) is 31.7 Å². The van der Waals surface area contributed by atoms with E-state index in [1.54, 1.807) is 0 Å². The molecule has 5 heteroatoms. The van der Waals surface area contributed by atoms with Gasteiger partial charge in [-0.05, 0) is 32.2 Å². The van der Waals surface area contributed by atoms with E-state index in [1.807, 2.05) is 11.3 Å². The number of anilines is 1. The molecular formula is C16H29N3OS. The Labute approximate surface area is 132 Å². The van der Waals surface area contributed by atoms with E-state index < -0.39 is 0 Å². The lowest BCUT2D eigenvalue weighted by Crippen LogP contribution is -2.36. The van der Waals surface area contributed by atoms with Crippen molar-refractivity contribution in [3.05, 3.63) is 10.6 Å². The normalized spacial score (nSPS) is 16.3. The third-order valence-corrected chi connectivity index (χ3v) is 5.19. The Kier molecular flexibility index (Phi) is 6.93. The second-order valence-corrected chi connectivity index (χ2v) is 6.81. The van der Waals surface area contributed by atoms with Gasteiger partial charge in [-0.25, -0.2) is 4.98 Å². The fourth-order valence-electron chi connectivity index (χ4n) is 2.70. The molecule has 1 N–H and O–H groups in total. The molecule has 1 aliphatic rings. The number of aryl methyl sites for hydroxylation is 1. The quantitative estimate of drug-likeness (QED) is 0.748. The molecule has 2 rings (SSSR count). The maximum Gasteiger partial charge on any atom is 0.185 e. The molecule has 0 aliphatic carbocycles. The summed E-state index contributed by atoms with van der Waals surface area (Å²) in [5.41, 5.74) is 1.29. The van der Waals surface area contributed by atoms with Gasteiger partial charge in [-0.3, -0.25) is 0 Å². The zero-order chi connectivity index (χ0) is 15.1. The van der Waals surface area contributed by atoms with Crippen LogP contribution in [0.3, 0.4) is 0 Å². The van der Waals surface area contributed by atoms with Crippen LogP contribution in [-0.4, -0.2) is 37.8 Å². The summed E-state index contributed by atoms with van der Waals surface area (Å²) < 4.78 is 5.47. The third-order valence-electron chi connectivity index (χ3n) is 4.01. The lowest BCUT2D eigenvalue weighted by Gasteiger charge is -2.30. The van der Waals surface area contributed by atoms with Crippen molar-refractivity contribution in [2.24, 2.45) is 0 Å². The van der Waals surface area contributed by atoms with Gasteiger partial charge >= 0.3 is 0 Å². The van der Waals surface area contributed by atoms with Crippen molar-refractivity contribution in [1.29, 1.82) is 0 Å². The number of hydrogen-bond donors (Lipinski definition) is 1. The summed E-state index contributed by atoms with van der Waals surface area (Å²) in [6, 6.07) is 0.579. The number of nitrogens with one attached hydrogen (secondary N) is 1. The average molecular weight is 311 g/mol. The summed E-state index contributed by atoms with van der Waals surface area (Å²) in [7, 11) is 2.19. The zero-order valence-electron chi connectivity index (χ0n) is 13.7. The molecule has 21 heavy (non-hydrogen) atoms. The first kappa shape index (κ1) is 16.7. The van der Waals surface area contributed by atoms with Crippen molar-refractivity contribution in [2.45, 2.75) is 58.5 Å². The second-order valence-electron chi connectivity index (χ2n) is 5.75. The summed E-state index contributed by atoms with van der Waals surface area (Å²) >= 11 is 1.86. The van der Waals surface area contributed by atoms with E-state index >= 15 is 0 Å². The topological polar surface area (TPSA) is 37.4 Å². The summed E-state index contributed by atoms with van der Waals surface area (Å²) in [4.78, 5) is 8.70. The maximum absolute atomic E-state index is 5.47. The van der Waals surface area contributed by atoms with Crippen molar-refractivity contribution >= 4 is 16.5 Å². The summed E-state index contributed by atoms with van der Waals surface area (Å²) in [5, 5.41) is 4.69. The minimum atomic E-state index is 0.579. The molecule has 0 saturated carbocycles. The minimum absolute atomic E-state index is 0.579. The van der Waals surface area contributed by atoms with Crippen molar-refractivity contribution < 1.29 is 4.74 Å². The summed E-state index contributed by atoms with van der Waals surface area (Å²) in [5.74, 6) is 0. The molecule has 0 aromatic carbocycles. The number of nitrogens with zero attached hydrogens (tertiary/aromatic N) is 2. The van der Waals surface area contributed by atoms with E-state index in [2.05, 4.69) is 31.1 Å². The van der Waals surface area contributed by atoms with Crippen molar-refractivity contribution in [3.8, 4) is 0 Å². The first-order valence-electron chi connectivity index (χ1n) is 8.26. The van der Waals surface area contributed by atoms with Crippen LogP contribution in [0.15, 0.2) is 0 Å². The van der Waals surface area contributed by atoms with Crippen LogP contribution in [0.4, 0.5) is 5.13 Å². The fraction of sp³-hybridized carbons (Fsp3) is 0.812. The Hall–Kier alpha value is -0.650. The van der Waals surface area contributed by atoms with Crippen LogP contribution in [0.2, 0.25) is 0 Å². The van der Waals surface area contributed by atoms with Gasteiger partial charge in [0, 0.05) is 37.7 Å². The van der Waals surface area contributed by atoms with Crippen LogP contribution in [0, 0.1) is 0 Å². The molecule has 0 bridgehead atoms. The predicted octanol–water partition coefficient (Wildman–Crippen LogP) is 3.21. The smallest absolute Gasteiger partial charge is 0.185 e. The molecule has 1 aromatic heterocycles. The average Bonchev–Trinajstić information content (AvgIpc) is 2.91. The number of hydrogen-bond acceptors (Lipinski definition) is 5. The predicted molar refractivity (Wildman–Crippen MR) is 90.4 cm³/mol. The van der Waals surface area contributed by atoms with Gasteiger partial charge in [-0.2, -0.15) is 0 Å². The van der Waals surface area contributed by atoms with Crippen LogP contribution in [0.25, 0.3) is 0 Å². The van der Waals surface area contributed by atoms with Gasteiger partial charge < -0.3 is 15.0 Å². The molecular weight excluding hydrogens is 282 g/mol. The molecule has 120 valence electrons. The fourth-order valence-corrected chi connectivity index (χ4v) is 3.81. The van der Waals surface area contributed by atoms with E-state index in [4.69, 9.17) is 9.72 Å². The number of thiazole rings is 1. The molecule has 1 saturated heterocycles. The molecule has 0 atom stereocenters. The van der Waals surface area contributed by atoms with Crippen LogP contribution >= 0.6 is 11.3 Å². The Balaban J connectivity index is 2.05. The monoisotopic (exact) mass is 311 g/mol. The van der Waals surface area contributed by atoms with Gasteiger partial charge in [0.1, 0.15) is 0 Å². The van der Waals surface area contributed by atoms with Crippen LogP contribution in [0.5, 0.6) is 0 Å². The highest BCUT2D eigenvalue weighted by molar-refractivity contribution is 7.15. The SMILES string of the molecule is CCCNCc1sc(N(C)C2CCOCC2)nc1CCC. The van der Waals surface area contributed by atoms with Gasteiger partial charge in [0.2, 0.25) is 0 Å². The number of ether oxygens (including phenoxy) is 1. The molecule has 1 aliphatic heterocycles. The Morgan fingerprint density at radius 3 is 2.71 bits per heavy atom. The van der Waals surface area contributed by atoms with Crippen LogP contribution in [0.1, 0.15) is 50.1 Å². The van der Waals surface area contributed by atoms with Gasteiger partial charge in [-0.15, -0.1) is 11.3 Å². The number of aromatic nitrogens is 1. The van der Waals surface area contributed by atoms with Crippen LogP contribution in [-0.2, 0) is 17.7 Å². The Bertz CT molecular complexity index is 416. The molecule has 0 radical (unpaired) electrons. The zero-order valence-corrected chi connectivity index (χ0v) is 14.5. The Morgan fingerprint density at radius 2 is 2.05 bits per heavy atom. The van der Waals surface area contributed by atoms with E-state index in [-0.39, 0.29) is 0 Å². The van der Waals surface area contributed by atoms with E-state index in [9.17, 15) is 0 Å². The van der Waals surface area contributed by atoms with E-state index in [0.29, 0.717) is 6.04 Å². The molecule has 1 fully saturated rings. The highest BCUT2D eigenvalue weighted by atomic mass is 32.1. The first-order valence-corrected chi connectivity index (χ1v) is 9.07. The van der Waals surface area contributed by atoms with E-state index in [1.165, 1.54) is 22.1 Å². The largest absolute Gasteiger partial charge is 0.381 e. The lowest BCUT2D eigenvalue weighted by atomic mass is 10.1. The molecule has 0 spiro atoms. The summed E-state index contributed by atoms with van der Waals surface area (Å²) in [6.07, 6.45) is 5.65. The third kappa shape index (κ3) is 4.66. The van der Waals surface area contributed by atoms with Crippen molar-refractivity contribution in [3.63, 3.8) is 0 Å². The molecule has 0 unspecified atom stereocenters. The van der Waals surface area contributed by atoms with Crippen LogP contribution < -0.4 is 10.2 Å². The summed E-state index contributed by atoms with van der Waals surface area (Å²) in [6.45, 7) is 8.23. The van der Waals surface area contributed by atoms with Gasteiger partial charge in [-0.1, -0.05) is 20.3 Å². The Morgan fingerprint density at radius 1 is 1.29 bits per heavy atom. The van der Waals surface area contributed by atoms with Gasteiger partial charge in [0.25, 0.3) is 0 Å². The standard InChI is InChI=1S/C16H29N3OS/c1-4-6-14-15(12-17-9-5-2)21-16(18-14)19(3)13-7-10-20-11-8-13/h13,17H,4-12H2,1-3H3. The van der Waals surface area contributed by atoms with E-state index in [0.717, 1.165) is 52.0 Å². The first-order chi connectivity index (χ1) is 10.3. The number of rotatable bonds is 8. The minimum Gasteiger partial charge on any atom is -0.381 e. The lowest BCUT2D eigenvalue weighted by molar-refractivity contribution is 0.0855. The maximum atomic E-state index is 5.47. The molecule has 0 amide bonds. The molecule has 4 nitrogen and oxygen atoms in total. The second kappa shape index (κ2) is 8.71. The van der Waals surface area contributed by atoms with Crippen molar-refractivity contribution in [1.82, 2.24) is 10.3 Å². The highest BCUT2D eigenvalue weighted by Crippen LogP contribution is 2.29. The molecule has 1 aromatic rings. The van der Waals surface area contributed by atoms with Gasteiger partial charge in [0.15, 0.2) is 5.13 Å². The van der Waals surface area contributed by atoms with Gasteiger partial charge in [0.05, 0.1) is 5.69 Å².